The van der Waals surface area contributed by atoms with Gasteiger partial charge in [0.15, 0.2) is 0 Å². The van der Waals surface area contributed by atoms with Crippen LogP contribution in [0, 0.1) is 6.92 Å². The van der Waals surface area contributed by atoms with E-state index in [1.54, 1.807) is 0 Å². The van der Waals surface area contributed by atoms with Crippen molar-refractivity contribution in [1.82, 2.24) is 0 Å². The predicted molar refractivity (Wildman–Crippen MR) is 63.5 cm³/mol. The van der Waals surface area contributed by atoms with E-state index in [1.165, 1.54) is 5.56 Å². The summed E-state index contributed by atoms with van der Waals surface area (Å²) in [7, 11) is -1.88. The Morgan fingerprint density at radius 2 is 2.14 bits per heavy atom. The molecule has 0 bridgehead atoms. The van der Waals surface area contributed by atoms with Gasteiger partial charge in [-0.05, 0) is 47.0 Å². The van der Waals surface area contributed by atoms with Crippen molar-refractivity contribution in [2.24, 2.45) is 4.36 Å². The summed E-state index contributed by atoms with van der Waals surface area (Å²) in [6, 6.07) is 5.91. The molecule has 1 aromatic rings. The summed E-state index contributed by atoms with van der Waals surface area (Å²) in [5.74, 6) is 1.51. The molecular formula is C10H12BrNOS. The van der Waals surface area contributed by atoms with Crippen molar-refractivity contribution in [3.8, 4) is 0 Å². The minimum absolute atomic E-state index is 0.757. The molecule has 14 heavy (non-hydrogen) atoms. The molecule has 0 atom stereocenters. The molecule has 2 rings (SSSR count). The third-order valence-corrected chi connectivity index (χ3v) is 5.31. The first-order valence-corrected chi connectivity index (χ1v) is 7.22. The van der Waals surface area contributed by atoms with Gasteiger partial charge in [-0.25, -0.2) is 4.21 Å². The zero-order chi connectivity index (χ0) is 10.2. The Kier molecular flexibility index (Phi) is 2.66. The molecule has 0 saturated carbocycles. The van der Waals surface area contributed by atoms with Crippen molar-refractivity contribution >= 4 is 31.3 Å². The largest absolute Gasteiger partial charge is 0.249 e. The maximum absolute atomic E-state index is 11.9. The van der Waals surface area contributed by atoms with Crippen LogP contribution < -0.4 is 0 Å². The third-order valence-electron chi connectivity index (χ3n) is 2.29. The summed E-state index contributed by atoms with van der Waals surface area (Å²) in [6.45, 7) is 2.03. The highest BCUT2D eigenvalue weighted by Gasteiger charge is 2.19. The summed E-state index contributed by atoms with van der Waals surface area (Å²) in [5.41, 5.74) is 2.00. The standard InChI is InChI=1S/C10H12BrNOS/c1-8-3-4-10(9(11)7-8)12-14(13)5-2-6-14/h3-4,7H,2,5-6H2,1H3. The first kappa shape index (κ1) is 10.2. The van der Waals surface area contributed by atoms with Crippen LogP contribution in [0.3, 0.4) is 0 Å². The average Bonchev–Trinajstić information content (AvgIpc) is 2.07. The quantitative estimate of drug-likeness (QED) is 0.772. The maximum atomic E-state index is 11.9. The number of rotatable bonds is 1. The van der Waals surface area contributed by atoms with Crippen LogP contribution in [0.1, 0.15) is 12.0 Å². The van der Waals surface area contributed by atoms with Crippen LogP contribution in [0.15, 0.2) is 27.0 Å². The number of aryl methyl sites for hydroxylation is 1. The molecule has 1 aliphatic rings. The zero-order valence-electron chi connectivity index (χ0n) is 8.00. The molecular weight excluding hydrogens is 262 g/mol. The van der Waals surface area contributed by atoms with Crippen LogP contribution in [-0.2, 0) is 9.73 Å². The van der Waals surface area contributed by atoms with Gasteiger partial charge < -0.3 is 0 Å². The highest BCUT2D eigenvalue weighted by atomic mass is 79.9. The number of hydrogen-bond donors (Lipinski definition) is 0. The Bertz CT molecular complexity index is 465. The molecule has 1 aromatic carbocycles. The number of nitrogens with zero attached hydrogens (tertiary/aromatic N) is 1. The summed E-state index contributed by atoms with van der Waals surface area (Å²) < 4.78 is 17.1. The maximum Gasteiger partial charge on any atom is 0.0872 e. The lowest BCUT2D eigenvalue weighted by molar-refractivity contribution is 0.663. The third kappa shape index (κ3) is 2.01. The van der Waals surface area contributed by atoms with Gasteiger partial charge in [-0.15, -0.1) is 0 Å². The molecule has 4 heteroatoms. The molecule has 1 saturated heterocycles. The van der Waals surface area contributed by atoms with E-state index in [2.05, 4.69) is 20.3 Å². The van der Waals surface area contributed by atoms with Crippen molar-refractivity contribution < 1.29 is 4.21 Å². The van der Waals surface area contributed by atoms with E-state index < -0.39 is 9.73 Å². The molecule has 76 valence electrons. The van der Waals surface area contributed by atoms with Gasteiger partial charge in [-0.3, -0.25) is 0 Å². The second-order valence-corrected chi connectivity index (χ2v) is 6.98. The second kappa shape index (κ2) is 3.66. The minimum Gasteiger partial charge on any atom is -0.249 e. The van der Waals surface area contributed by atoms with Crippen molar-refractivity contribution in [3.63, 3.8) is 0 Å². The van der Waals surface area contributed by atoms with E-state index in [0.717, 1.165) is 28.1 Å². The molecule has 0 radical (unpaired) electrons. The molecule has 0 aromatic heterocycles. The van der Waals surface area contributed by atoms with Gasteiger partial charge in [-0.1, -0.05) is 6.07 Å². The number of halogens is 1. The van der Waals surface area contributed by atoms with Crippen molar-refractivity contribution in [3.05, 3.63) is 28.2 Å². The first-order valence-electron chi connectivity index (χ1n) is 4.58. The van der Waals surface area contributed by atoms with Crippen LogP contribution in [0.5, 0.6) is 0 Å². The topological polar surface area (TPSA) is 29.4 Å². The normalized spacial score (nSPS) is 18.7. The predicted octanol–water partition coefficient (Wildman–Crippen LogP) is 3.26. The number of benzene rings is 1. The number of hydrogen-bond acceptors (Lipinski definition) is 2. The van der Waals surface area contributed by atoms with E-state index in [1.807, 2.05) is 25.1 Å². The molecule has 0 aliphatic carbocycles. The summed E-state index contributed by atoms with van der Waals surface area (Å²) in [4.78, 5) is 0. The van der Waals surface area contributed by atoms with Gasteiger partial charge in [0, 0.05) is 16.0 Å². The van der Waals surface area contributed by atoms with Gasteiger partial charge >= 0.3 is 0 Å². The van der Waals surface area contributed by atoms with Gasteiger partial charge in [0.2, 0.25) is 0 Å². The Hall–Kier alpha value is -0.350. The second-order valence-electron chi connectivity index (χ2n) is 3.58. The zero-order valence-corrected chi connectivity index (χ0v) is 10.4. The lowest BCUT2D eigenvalue weighted by Gasteiger charge is -2.18. The fourth-order valence-corrected chi connectivity index (χ4v) is 3.53. The SMILES string of the molecule is Cc1ccc(N=S2(=O)CCC2)c(Br)c1. The fourth-order valence-electron chi connectivity index (χ4n) is 1.35. The van der Waals surface area contributed by atoms with Crippen molar-refractivity contribution in [2.45, 2.75) is 13.3 Å². The Morgan fingerprint density at radius 1 is 1.43 bits per heavy atom. The highest BCUT2D eigenvalue weighted by molar-refractivity contribution is 9.10. The molecule has 1 fully saturated rings. The van der Waals surface area contributed by atoms with Crippen LogP contribution in [0.25, 0.3) is 0 Å². The van der Waals surface area contributed by atoms with E-state index in [0.29, 0.717) is 0 Å². The molecule has 1 aliphatic heterocycles. The molecule has 0 N–H and O–H groups in total. The van der Waals surface area contributed by atoms with Crippen molar-refractivity contribution in [2.75, 3.05) is 11.5 Å². The Balaban J connectivity index is 2.43. The van der Waals surface area contributed by atoms with Crippen molar-refractivity contribution in [1.29, 1.82) is 0 Å². The smallest absolute Gasteiger partial charge is 0.0872 e. The van der Waals surface area contributed by atoms with Crippen LogP contribution in [0.4, 0.5) is 5.69 Å². The van der Waals surface area contributed by atoms with Gasteiger partial charge in [0.05, 0.1) is 15.4 Å². The van der Waals surface area contributed by atoms with Crippen LogP contribution >= 0.6 is 15.9 Å². The summed E-state index contributed by atoms with van der Waals surface area (Å²) in [5, 5.41) is 0. The average molecular weight is 274 g/mol. The van der Waals surface area contributed by atoms with E-state index in [-0.39, 0.29) is 0 Å². The van der Waals surface area contributed by atoms with E-state index in [4.69, 9.17) is 0 Å². The lowest BCUT2D eigenvalue weighted by Crippen LogP contribution is -2.22. The Morgan fingerprint density at radius 3 is 2.64 bits per heavy atom. The monoisotopic (exact) mass is 273 g/mol. The molecule has 0 spiro atoms. The highest BCUT2D eigenvalue weighted by Crippen LogP contribution is 2.29. The molecule has 1 heterocycles. The van der Waals surface area contributed by atoms with Gasteiger partial charge in [0.1, 0.15) is 0 Å². The fraction of sp³-hybridized carbons (Fsp3) is 0.400. The molecule has 0 amide bonds. The summed E-state index contributed by atoms with van der Waals surface area (Å²) >= 11 is 3.43. The van der Waals surface area contributed by atoms with E-state index >= 15 is 0 Å². The summed E-state index contributed by atoms with van der Waals surface area (Å²) in [6.07, 6.45) is 1.05. The molecule has 0 unspecified atom stereocenters. The molecule has 2 nitrogen and oxygen atoms in total. The lowest BCUT2D eigenvalue weighted by atomic mass is 10.2. The Labute approximate surface area is 93.0 Å². The van der Waals surface area contributed by atoms with Gasteiger partial charge in [0.25, 0.3) is 0 Å². The van der Waals surface area contributed by atoms with Gasteiger partial charge in [-0.2, -0.15) is 4.36 Å². The van der Waals surface area contributed by atoms with E-state index in [9.17, 15) is 4.21 Å². The first-order chi connectivity index (χ1) is 6.59. The van der Waals surface area contributed by atoms with Crippen LogP contribution in [-0.4, -0.2) is 15.7 Å². The van der Waals surface area contributed by atoms with Crippen LogP contribution in [0.2, 0.25) is 0 Å². The minimum atomic E-state index is -1.88.